The van der Waals surface area contributed by atoms with E-state index in [0.717, 1.165) is 44.0 Å². The Balaban J connectivity index is 1.47. The second-order valence-corrected chi connectivity index (χ2v) is 5.91. The van der Waals surface area contributed by atoms with Gasteiger partial charge in [-0.05, 0) is 43.7 Å². The number of hydrogen-bond donors (Lipinski definition) is 1. The molecule has 2 aliphatic heterocycles. The first kappa shape index (κ1) is 15.3. The number of likely N-dealkylation sites (tertiary alicyclic amines) is 1. The quantitative estimate of drug-likeness (QED) is 0.815. The molecule has 2 heterocycles. The van der Waals surface area contributed by atoms with Crippen molar-refractivity contribution in [2.45, 2.75) is 25.5 Å². The number of ether oxygens (including phenoxy) is 1. The fraction of sp³-hybridized carbons (Fsp3) is 0.529. The highest BCUT2D eigenvalue weighted by Gasteiger charge is 2.18. The Morgan fingerprint density at radius 3 is 2.91 bits per heavy atom. The van der Waals surface area contributed by atoms with Crippen LogP contribution in [-0.2, 0) is 16.3 Å². The van der Waals surface area contributed by atoms with E-state index in [1.807, 2.05) is 12.1 Å². The largest absolute Gasteiger partial charge is 0.490 e. The summed E-state index contributed by atoms with van der Waals surface area (Å²) in [5.74, 6) is 1.81. The summed E-state index contributed by atoms with van der Waals surface area (Å²) in [6.07, 6.45) is 4.48. The summed E-state index contributed by atoms with van der Waals surface area (Å²) in [4.78, 5) is 12.2. The van der Waals surface area contributed by atoms with Gasteiger partial charge in [-0.3, -0.25) is 0 Å². The van der Waals surface area contributed by atoms with Crippen LogP contribution >= 0.6 is 0 Å². The SMILES string of the molecule is CN1CCC(Oc2cccc(CNCC3=CCOO3)c2)CC1. The first-order valence-corrected chi connectivity index (χ1v) is 7.93. The Hall–Kier alpha value is -1.56. The van der Waals surface area contributed by atoms with Gasteiger partial charge in [0.15, 0.2) is 5.76 Å². The van der Waals surface area contributed by atoms with Gasteiger partial charge >= 0.3 is 0 Å². The molecule has 0 saturated carbocycles. The molecule has 1 aromatic carbocycles. The lowest BCUT2D eigenvalue weighted by atomic mass is 10.1. The van der Waals surface area contributed by atoms with Gasteiger partial charge in [0.1, 0.15) is 18.5 Å². The van der Waals surface area contributed by atoms with E-state index in [-0.39, 0.29) is 0 Å². The lowest BCUT2D eigenvalue weighted by Crippen LogP contribution is -2.35. The van der Waals surface area contributed by atoms with Crippen molar-refractivity contribution in [2.24, 2.45) is 0 Å². The summed E-state index contributed by atoms with van der Waals surface area (Å²) < 4.78 is 6.11. The summed E-state index contributed by atoms with van der Waals surface area (Å²) in [5.41, 5.74) is 1.21. The highest BCUT2D eigenvalue weighted by molar-refractivity contribution is 5.28. The Bertz CT molecular complexity index is 510. The van der Waals surface area contributed by atoms with Gasteiger partial charge in [-0.1, -0.05) is 12.1 Å². The van der Waals surface area contributed by atoms with Crippen LogP contribution in [0.5, 0.6) is 5.75 Å². The van der Waals surface area contributed by atoms with E-state index in [4.69, 9.17) is 14.5 Å². The summed E-state index contributed by atoms with van der Waals surface area (Å²) in [6, 6.07) is 8.31. The summed E-state index contributed by atoms with van der Waals surface area (Å²) in [6.45, 7) is 4.23. The van der Waals surface area contributed by atoms with Crippen LogP contribution in [0.4, 0.5) is 0 Å². The molecule has 120 valence electrons. The van der Waals surface area contributed by atoms with E-state index in [2.05, 4.69) is 35.5 Å². The molecule has 1 fully saturated rings. The maximum atomic E-state index is 6.11. The van der Waals surface area contributed by atoms with Crippen LogP contribution in [0.25, 0.3) is 0 Å². The minimum Gasteiger partial charge on any atom is -0.490 e. The lowest BCUT2D eigenvalue weighted by Gasteiger charge is -2.29. The first-order valence-electron chi connectivity index (χ1n) is 7.93. The van der Waals surface area contributed by atoms with Gasteiger partial charge in [0, 0.05) is 19.6 Å². The number of hydrogen-bond acceptors (Lipinski definition) is 5. The number of benzene rings is 1. The summed E-state index contributed by atoms with van der Waals surface area (Å²) in [5, 5.41) is 3.34. The Morgan fingerprint density at radius 2 is 2.14 bits per heavy atom. The third kappa shape index (κ3) is 4.47. The molecule has 0 atom stereocenters. The number of rotatable bonds is 6. The van der Waals surface area contributed by atoms with Gasteiger partial charge in [0.2, 0.25) is 0 Å². The van der Waals surface area contributed by atoms with Gasteiger partial charge in [-0.15, -0.1) is 0 Å². The minimum atomic E-state index is 0.341. The molecule has 1 aromatic rings. The first-order chi connectivity index (χ1) is 10.8. The van der Waals surface area contributed by atoms with Crippen LogP contribution < -0.4 is 10.1 Å². The van der Waals surface area contributed by atoms with Crippen molar-refractivity contribution < 1.29 is 14.5 Å². The van der Waals surface area contributed by atoms with Crippen molar-refractivity contribution in [3.63, 3.8) is 0 Å². The van der Waals surface area contributed by atoms with E-state index >= 15 is 0 Å². The van der Waals surface area contributed by atoms with E-state index in [1.165, 1.54) is 5.56 Å². The minimum absolute atomic E-state index is 0.341. The molecule has 0 aliphatic carbocycles. The molecule has 0 bridgehead atoms. The zero-order valence-corrected chi connectivity index (χ0v) is 13.1. The van der Waals surface area contributed by atoms with Crippen molar-refractivity contribution in [1.82, 2.24) is 10.2 Å². The van der Waals surface area contributed by atoms with Crippen LogP contribution in [0.2, 0.25) is 0 Å². The van der Waals surface area contributed by atoms with Crippen molar-refractivity contribution in [3.8, 4) is 5.75 Å². The highest BCUT2D eigenvalue weighted by atomic mass is 17.2. The van der Waals surface area contributed by atoms with Gasteiger partial charge in [0.25, 0.3) is 0 Å². The normalized spacial score (nSPS) is 19.8. The van der Waals surface area contributed by atoms with Gasteiger partial charge in [0.05, 0.1) is 6.54 Å². The number of nitrogens with zero attached hydrogens (tertiary/aromatic N) is 1. The fourth-order valence-corrected chi connectivity index (χ4v) is 2.73. The van der Waals surface area contributed by atoms with Crippen LogP contribution in [0.1, 0.15) is 18.4 Å². The average molecular weight is 304 g/mol. The molecule has 22 heavy (non-hydrogen) atoms. The molecule has 3 rings (SSSR count). The van der Waals surface area contributed by atoms with Gasteiger partial charge < -0.3 is 19.8 Å². The maximum Gasteiger partial charge on any atom is 0.154 e. The topological polar surface area (TPSA) is 43.0 Å². The molecule has 0 amide bonds. The van der Waals surface area contributed by atoms with Crippen molar-refractivity contribution in [3.05, 3.63) is 41.7 Å². The molecular weight excluding hydrogens is 280 g/mol. The van der Waals surface area contributed by atoms with E-state index in [0.29, 0.717) is 19.3 Å². The Morgan fingerprint density at radius 1 is 1.27 bits per heavy atom. The molecule has 0 radical (unpaired) electrons. The molecule has 0 unspecified atom stereocenters. The molecule has 5 heteroatoms. The van der Waals surface area contributed by atoms with Crippen LogP contribution in [-0.4, -0.2) is 44.3 Å². The highest BCUT2D eigenvalue weighted by Crippen LogP contribution is 2.19. The lowest BCUT2D eigenvalue weighted by molar-refractivity contribution is -0.234. The summed E-state index contributed by atoms with van der Waals surface area (Å²) in [7, 11) is 2.16. The predicted molar refractivity (Wildman–Crippen MR) is 84.4 cm³/mol. The maximum absolute atomic E-state index is 6.11. The monoisotopic (exact) mass is 304 g/mol. The third-order valence-corrected chi connectivity index (χ3v) is 4.04. The van der Waals surface area contributed by atoms with Gasteiger partial charge in [-0.2, -0.15) is 4.89 Å². The molecule has 5 nitrogen and oxygen atoms in total. The smallest absolute Gasteiger partial charge is 0.154 e. The molecule has 0 aromatic heterocycles. The zero-order chi connectivity index (χ0) is 15.2. The van der Waals surface area contributed by atoms with Crippen LogP contribution in [0, 0.1) is 0 Å². The third-order valence-electron chi connectivity index (χ3n) is 4.04. The molecule has 1 N–H and O–H groups in total. The van der Waals surface area contributed by atoms with Crippen molar-refractivity contribution in [1.29, 1.82) is 0 Å². The Kier molecular flexibility index (Phi) is 5.32. The van der Waals surface area contributed by atoms with E-state index < -0.39 is 0 Å². The van der Waals surface area contributed by atoms with E-state index in [9.17, 15) is 0 Å². The zero-order valence-electron chi connectivity index (χ0n) is 13.1. The molecule has 2 aliphatic rings. The Labute approximate surface area is 131 Å². The van der Waals surface area contributed by atoms with Crippen molar-refractivity contribution >= 4 is 0 Å². The van der Waals surface area contributed by atoms with Crippen LogP contribution in [0.3, 0.4) is 0 Å². The molecular formula is C17H24N2O3. The predicted octanol–water partition coefficient (Wildman–Crippen LogP) is 2.09. The second-order valence-electron chi connectivity index (χ2n) is 5.91. The molecule has 0 spiro atoms. The summed E-state index contributed by atoms with van der Waals surface area (Å²) >= 11 is 0. The number of nitrogens with one attached hydrogen (secondary N) is 1. The number of piperidine rings is 1. The molecule has 1 saturated heterocycles. The van der Waals surface area contributed by atoms with Crippen molar-refractivity contribution in [2.75, 3.05) is 33.3 Å². The van der Waals surface area contributed by atoms with E-state index in [1.54, 1.807) is 0 Å². The van der Waals surface area contributed by atoms with Crippen LogP contribution in [0.15, 0.2) is 36.1 Å². The standard InChI is InChI=1S/C17H24N2O3/c1-19-8-5-15(6-9-19)21-16-4-2-3-14(11-16)12-18-13-17-7-10-20-22-17/h2-4,7,11,15,18H,5-6,8-10,12-13H2,1H3. The van der Waals surface area contributed by atoms with Gasteiger partial charge in [-0.25, -0.2) is 0 Å². The second kappa shape index (κ2) is 7.63. The average Bonchev–Trinajstić information content (AvgIpc) is 3.03. The fourth-order valence-electron chi connectivity index (χ4n) is 2.73.